The fourth-order valence-corrected chi connectivity index (χ4v) is 2.01. The third-order valence-electron chi connectivity index (χ3n) is 2.65. The number of ether oxygens (including phenoxy) is 1. The summed E-state index contributed by atoms with van der Waals surface area (Å²) in [7, 11) is 1.83. The van der Waals surface area contributed by atoms with E-state index in [1.807, 2.05) is 7.05 Å². The van der Waals surface area contributed by atoms with Gasteiger partial charge in [-0.3, -0.25) is 0 Å². The third-order valence-corrected chi connectivity index (χ3v) is 2.65. The lowest BCUT2D eigenvalue weighted by Crippen LogP contribution is -2.42. The lowest BCUT2D eigenvalue weighted by atomic mass is 9.94. The molecule has 0 spiro atoms. The zero-order valence-electron chi connectivity index (χ0n) is 9.16. The fourth-order valence-electron chi connectivity index (χ4n) is 2.01. The first-order valence-corrected chi connectivity index (χ1v) is 5.44. The van der Waals surface area contributed by atoms with Crippen molar-refractivity contribution >= 4 is 6.09 Å². The summed E-state index contributed by atoms with van der Waals surface area (Å²) in [5, 5.41) is 14.2. The van der Waals surface area contributed by atoms with Crippen molar-refractivity contribution in [3.05, 3.63) is 0 Å². The highest BCUT2D eigenvalue weighted by Crippen LogP contribution is 2.18. The molecule has 2 atom stereocenters. The molecule has 5 heteroatoms. The van der Waals surface area contributed by atoms with Gasteiger partial charge in [0.15, 0.2) is 0 Å². The molecule has 1 aliphatic heterocycles. The van der Waals surface area contributed by atoms with E-state index in [1.54, 1.807) is 0 Å². The van der Waals surface area contributed by atoms with Crippen LogP contribution in [-0.4, -0.2) is 44.0 Å². The van der Waals surface area contributed by atoms with E-state index in [9.17, 15) is 4.79 Å². The molecule has 1 heterocycles. The Morgan fingerprint density at radius 2 is 2.47 bits per heavy atom. The number of amides is 1. The predicted octanol–water partition coefficient (Wildman–Crippen LogP) is 0.659. The highest BCUT2D eigenvalue weighted by Gasteiger charge is 2.20. The van der Waals surface area contributed by atoms with Crippen molar-refractivity contribution in [1.29, 1.82) is 0 Å². The Kier molecular flexibility index (Phi) is 5.42. The number of carboxylic acid groups (broad SMARTS) is 1. The van der Waals surface area contributed by atoms with Crippen LogP contribution in [0.5, 0.6) is 0 Å². The summed E-state index contributed by atoms with van der Waals surface area (Å²) < 4.78 is 5.37. The standard InChI is InChI=1S/C10H20N2O3/c1-11-6-9(12-10(13)14)5-8-3-2-4-15-7-8/h8-9,11-12H,2-7H2,1H3,(H,13,14)/t8-,9+/m1/s1. The van der Waals surface area contributed by atoms with Crippen molar-refractivity contribution in [2.24, 2.45) is 5.92 Å². The highest BCUT2D eigenvalue weighted by atomic mass is 16.5. The number of likely N-dealkylation sites (N-methyl/N-ethyl adjacent to an activating group) is 1. The monoisotopic (exact) mass is 216 g/mol. The van der Waals surface area contributed by atoms with Crippen molar-refractivity contribution in [1.82, 2.24) is 10.6 Å². The van der Waals surface area contributed by atoms with E-state index in [0.717, 1.165) is 32.5 Å². The van der Waals surface area contributed by atoms with Crippen LogP contribution >= 0.6 is 0 Å². The van der Waals surface area contributed by atoms with Crippen LogP contribution in [0.15, 0.2) is 0 Å². The van der Waals surface area contributed by atoms with Gasteiger partial charge in [-0.05, 0) is 32.2 Å². The molecule has 0 aliphatic carbocycles. The molecule has 1 aliphatic rings. The van der Waals surface area contributed by atoms with Gasteiger partial charge in [0, 0.05) is 25.8 Å². The Labute approximate surface area is 90.2 Å². The van der Waals surface area contributed by atoms with Crippen LogP contribution in [0.4, 0.5) is 4.79 Å². The fraction of sp³-hybridized carbons (Fsp3) is 0.900. The van der Waals surface area contributed by atoms with Gasteiger partial charge in [0.2, 0.25) is 0 Å². The van der Waals surface area contributed by atoms with Gasteiger partial charge in [-0.15, -0.1) is 0 Å². The molecule has 3 N–H and O–H groups in total. The number of rotatable bonds is 5. The molecule has 0 aromatic heterocycles. The quantitative estimate of drug-likeness (QED) is 0.631. The van der Waals surface area contributed by atoms with E-state index in [1.165, 1.54) is 0 Å². The maximum Gasteiger partial charge on any atom is 0.404 e. The number of nitrogens with one attached hydrogen (secondary N) is 2. The average Bonchev–Trinajstić information content (AvgIpc) is 2.18. The van der Waals surface area contributed by atoms with Crippen molar-refractivity contribution in [2.75, 3.05) is 26.8 Å². The second-order valence-electron chi connectivity index (χ2n) is 4.02. The maximum absolute atomic E-state index is 10.6. The van der Waals surface area contributed by atoms with Gasteiger partial charge in [-0.2, -0.15) is 0 Å². The molecule has 15 heavy (non-hydrogen) atoms. The second-order valence-corrected chi connectivity index (χ2v) is 4.02. The smallest absolute Gasteiger partial charge is 0.404 e. The van der Waals surface area contributed by atoms with Gasteiger partial charge in [0.25, 0.3) is 0 Å². The number of hydrogen-bond donors (Lipinski definition) is 3. The zero-order chi connectivity index (χ0) is 11.1. The topological polar surface area (TPSA) is 70.6 Å². The van der Waals surface area contributed by atoms with Gasteiger partial charge in [0.1, 0.15) is 0 Å². The number of carbonyl (C=O) groups is 1. The van der Waals surface area contributed by atoms with E-state index >= 15 is 0 Å². The molecular weight excluding hydrogens is 196 g/mol. The predicted molar refractivity (Wildman–Crippen MR) is 57.0 cm³/mol. The first-order valence-electron chi connectivity index (χ1n) is 5.44. The number of hydrogen-bond acceptors (Lipinski definition) is 3. The normalized spacial score (nSPS) is 23.4. The first-order chi connectivity index (χ1) is 7.22. The highest BCUT2D eigenvalue weighted by molar-refractivity contribution is 5.64. The molecule has 1 amide bonds. The summed E-state index contributed by atoms with van der Waals surface area (Å²) in [4.78, 5) is 10.6. The lowest BCUT2D eigenvalue weighted by molar-refractivity contribution is 0.0476. The van der Waals surface area contributed by atoms with Crippen LogP contribution < -0.4 is 10.6 Å². The van der Waals surface area contributed by atoms with E-state index in [2.05, 4.69) is 10.6 Å². The Hall–Kier alpha value is -0.810. The molecule has 0 radical (unpaired) electrons. The largest absolute Gasteiger partial charge is 0.465 e. The molecule has 5 nitrogen and oxygen atoms in total. The summed E-state index contributed by atoms with van der Waals surface area (Å²) >= 11 is 0. The second kappa shape index (κ2) is 6.63. The molecule has 0 aromatic rings. The summed E-state index contributed by atoms with van der Waals surface area (Å²) in [6, 6.07) is -0.0146. The molecule has 1 saturated heterocycles. The summed E-state index contributed by atoms with van der Waals surface area (Å²) in [5.41, 5.74) is 0. The van der Waals surface area contributed by atoms with Gasteiger partial charge in [-0.1, -0.05) is 0 Å². The van der Waals surface area contributed by atoms with Crippen LogP contribution in [0.1, 0.15) is 19.3 Å². The molecule has 1 rings (SSSR count). The van der Waals surface area contributed by atoms with E-state index < -0.39 is 6.09 Å². The first kappa shape index (κ1) is 12.3. The zero-order valence-corrected chi connectivity index (χ0v) is 9.16. The molecular formula is C10H20N2O3. The van der Waals surface area contributed by atoms with Crippen LogP contribution in [0, 0.1) is 5.92 Å². The Morgan fingerprint density at radius 3 is 3.00 bits per heavy atom. The average molecular weight is 216 g/mol. The van der Waals surface area contributed by atoms with Gasteiger partial charge >= 0.3 is 6.09 Å². The Balaban J connectivity index is 2.31. The summed E-state index contributed by atoms with van der Waals surface area (Å²) in [6.45, 7) is 2.28. The van der Waals surface area contributed by atoms with Crippen LogP contribution in [0.2, 0.25) is 0 Å². The van der Waals surface area contributed by atoms with Crippen molar-refractivity contribution in [3.8, 4) is 0 Å². The summed E-state index contributed by atoms with van der Waals surface area (Å²) in [6.07, 6.45) is 2.13. The molecule has 0 saturated carbocycles. The van der Waals surface area contributed by atoms with Gasteiger partial charge < -0.3 is 20.5 Å². The van der Waals surface area contributed by atoms with Crippen LogP contribution in [0.3, 0.4) is 0 Å². The minimum absolute atomic E-state index is 0.0146. The van der Waals surface area contributed by atoms with E-state index in [-0.39, 0.29) is 6.04 Å². The molecule has 0 bridgehead atoms. The van der Waals surface area contributed by atoms with Gasteiger partial charge in [-0.25, -0.2) is 4.79 Å². The Bertz CT molecular complexity index is 193. The summed E-state index contributed by atoms with van der Waals surface area (Å²) in [5.74, 6) is 0.490. The lowest BCUT2D eigenvalue weighted by Gasteiger charge is -2.26. The molecule has 0 aromatic carbocycles. The van der Waals surface area contributed by atoms with Crippen LogP contribution in [-0.2, 0) is 4.74 Å². The van der Waals surface area contributed by atoms with Crippen molar-refractivity contribution in [2.45, 2.75) is 25.3 Å². The molecule has 0 unspecified atom stereocenters. The maximum atomic E-state index is 10.6. The van der Waals surface area contributed by atoms with Crippen molar-refractivity contribution < 1.29 is 14.6 Å². The molecule has 88 valence electrons. The van der Waals surface area contributed by atoms with Crippen molar-refractivity contribution in [3.63, 3.8) is 0 Å². The SMILES string of the molecule is CNC[C@H](C[C@H]1CCCOC1)NC(=O)O. The minimum Gasteiger partial charge on any atom is -0.465 e. The van der Waals surface area contributed by atoms with Gasteiger partial charge in [0.05, 0.1) is 0 Å². The third kappa shape index (κ3) is 4.99. The van der Waals surface area contributed by atoms with Crippen LogP contribution in [0.25, 0.3) is 0 Å². The minimum atomic E-state index is -0.952. The van der Waals surface area contributed by atoms with E-state index in [0.29, 0.717) is 12.5 Å². The van der Waals surface area contributed by atoms with E-state index in [4.69, 9.17) is 9.84 Å². The molecule has 1 fully saturated rings. The Morgan fingerprint density at radius 1 is 1.67 bits per heavy atom.